The Balaban J connectivity index is 1.93. The Labute approximate surface area is 253 Å². The molecule has 0 radical (unpaired) electrons. The van der Waals surface area contributed by atoms with Gasteiger partial charge < -0.3 is 31.1 Å². The fourth-order valence-electron chi connectivity index (χ4n) is 7.33. The highest BCUT2D eigenvalue weighted by Gasteiger charge is 2.64. The van der Waals surface area contributed by atoms with Gasteiger partial charge in [0.2, 0.25) is 5.78 Å². The molecule has 11 nitrogen and oxygen atoms in total. The lowest BCUT2D eigenvalue weighted by Crippen LogP contribution is -2.65. The van der Waals surface area contributed by atoms with Crippen LogP contribution in [0.2, 0.25) is 0 Å². The second-order valence-corrected chi connectivity index (χ2v) is 13.7. The van der Waals surface area contributed by atoms with Gasteiger partial charge in [-0.15, -0.1) is 0 Å². The molecule has 0 heterocycles. The molecule has 43 heavy (non-hydrogen) atoms. The van der Waals surface area contributed by atoms with Crippen molar-refractivity contribution in [3.8, 4) is 5.75 Å². The van der Waals surface area contributed by atoms with Gasteiger partial charge in [0.05, 0.1) is 11.6 Å². The Morgan fingerprint density at radius 2 is 1.74 bits per heavy atom. The number of ketones is 2. The Morgan fingerprint density at radius 3 is 2.23 bits per heavy atom. The standard InChI is InChI=1S/C32H46N4O7/c1-10-36(15(2)31(3,4)5)14-17-13-20(37)22-18(24(17)34(6)7)11-16-12-19-25(35(8)9)27(39)23(30(33)42)29(41)32(19,43)28(40)21(16)26(22)38/h13,15-16,19,25,37-38,41,43H,10-12,14H2,1-9H3,(H2,33,42)/t15-,16+,19+,25+,32+/m1/s1. The van der Waals surface area contributed by atoms with Gasteiger partial charge in [0.1, 0.15) is 22.8 Å². The molecule has 11 heteroatoms. The average molecular weight is 599 g/mol. The third-order valence-corrected chi connectivity index (χ3v) is 9.80. The van der Waals surface area contributed by atoms with Crippen LogP contribution >= 0.6 is 0 Å². The minimum Gasteiger partial charge on any atom is -0.508 e. The molecule has 0 unspecified atom stereocenters. The van der Waals surface area contributed by atoms with Crippen molar-refractivity contribution in [1.82, 2.24) is 9.80 Å². The second kappa shape index (κ2) is 10.9. The molecule has 1 aromatic carbocycles. The van der Waals surface area contributed by atoms with Crippen molar-refractivity contribution in [2.24, 2.45) is 23.0 Å². The lowest BCUT2D eigenvalue weighted by Gasteiger charge is -2.50. The van der Waals surface area contributed by atoms with Crippen LogP contribution in [0.5, 0.6) is 5.75 Å². The van der Waals surface area contributed by atoms with E-state index in [0.29, 0.717) is 12.1 Å². The van der Waals surface area contributed by atoms with Crippen LogP contribution in [0.25, 0.3) is 5.76 Å². The normalized spacial score (nSPS) is 26.5. The zero-order valence-electron chi connectivity index (χ0n) is 26.6. The lowest BCUT2D eigenvalue weighted by atomic mass is 9.57. The maximum Gasteiger partial charge on any atom is 0.255 e. The molecule has 5 atom stereocenters. The van der Waals surface area contributed by atoms with Gasteiger partial charge in [0.15, 0.2) is 11.4 Å². The number of aliphatic hydroxyl groups is 3. The molecule has 0 saturated heterocycles. The minimum absolute atomic E-state index is 0.00843. The van der Waals surface area contributed by atoms with E-state index in [1.165, 1.54) is 4.90 Å². The van der Waals surface area contributed by atoms with Crippen molar-refractivity contribution in [2.75, 3.05) is 39.6 Å². The average Bonchev–Trinajstić information content (AvgIpc) is 2.87. The van der Waals surface area contributed by atoms with Crippen LogP contribution in [-0.2, 0) is 27.3 Å². The topological polar surface area (TPSA) is 168 Å². The number of aromatic hydroxyl groups is 1. The number of primary amides is 1. The van der Waals surface area contributed by atoms with Gasteiger partial charge in [-0.3, -0.25) is 24.2 Å². The number of nitrogens with two attached hydrogens (primary N) is 1. The van der Waals surface area contributed by atoms with E-state index in [9.17, 15) is 34.8 Å². The first-order valence-corrected chi connectivity index (χ1v) is 14.7. The van der Waals surface area contributed by atoms with Crippen molar-refractivity contribution in [1.29, 1.82) is 0 Å². The number of phenolic OH excluding ortho intramolecular Hbond substituents is 1. The number of fused-ring (bicyclic) bond motifs is 3. The fraction of sp³-hybridized carbons (Fsp3) is 0.594. The van der Waals surface area contributed by atoms with Gasteiger partial charge in [0.25, 0.3) is 5.91 Å². The molecule has 1 aromatic rings. The molecular weight excluding hydrogens is 552 g/mol. The third kappa shape index (κ3) is 4.91. The number of amides is 1. The number of Topliss-reactive ketones (excluding diaryl/α,β-unsaturated/α-hetero) is 2. The summed E-state index contributed by atoms with van der Waals surface area (Å²) < 4.78 is 0. The summed E-state index contributed by atoms with van der Waals surface area (Å²) in [4.78, 5) is 45.4. The lowest BCUT2D eigenvalue weighted by molar-refractivity contribution is -0.153. The van der Waals surface area contributed by atoms with Crippen LogP contribution in [-0.4, -0.2) is 100 Å². The van der Waals surface area contributed by atoms with E-state index in [2.05, 4.69) is 39.5 Å². The predicted octanol–water partition coefficient (Wildman–Crippen LogP) is 2.29. The maximum absolute atomic E-state index is 14.1. The molecule has 3 aliphatic carbocycles. The van der Waals surface area contributed by atoms with E-state index in [-0.39, 0.29) is 41.2 Å². The van der Waals surface area contributed by atoms with Crippen molar-refractivity contribution in [3.63, 3.8) is 0 Å². The maximum atomic E-state index is 14.1. The highest BCUT2D eigenvalue weighted by atomic mass is 16.3. The predicted molar refractivity (Wildman–Crippen MR) is 164 cm³/mol. The Hall–Kier alpha value is -3.41. The van der Waals surface area contributed by atoms with Gasteiger partial charge in [-0.05, 0) is 68.9 Å². The number of anilines is 1. The Bertz CT molecular complexity index is 1440. The van der Waals surface area contributed by atoms with Crippen molar-refractivity contribution >= 4 is 28.9 Å². The van der Waals surface area contributed by atoms with Crippen LogP contribution in [0.15, 0.2) is 23.0 Å². The number of hydrogen-bond donors (Lipinski definition) is 5. The SMILES string of the molecule is CCN(Cc1cc(O)c2c(c1N(C)C)C[C@H]1C[C@H]3[C@H](N(C)C)C(=O)C(C(N)=O)=C(O)[C@@]3(O)C(=O)C1=C2O)[C@H](C)C(C)(C)C. The number of phenols is 1. The van der Waals surface area contributed by atoms with Gasteiger partial charge in [-0.25, -0.2) is 0 Å². The van der Waals surface area contributed by atoms with Gasteiger partial charge >= 0.3 is 0 Å². The third-order valence-electron chi connectivity index (χ3n) is 9.80. The first kappa shape index (κ1) is 32.5. The number of carbonyl (C=O) groups excluding carboxylic acids is 3. The number of nitrogens with zero attached hydrogens (tertiary/aromatic N) is 3. The molecule has 1 amide bonds. The van der Waals surface area contributed by atoms with Gasteiger partial charge in [-0.1, -0.05) is 27.7 Å². The monoisotopic (exact) mass is 598 g/mol. The van der Waals surface area contributed by atoms with E-state index in [1.807, 2.05) is 19.0 Å². The van der Waals surface area contributed by atoms with Crippen molar-refractivity contribution in [3.05, 3.63) is 39.7 Å². The molecule has 0 spiro atoms. The number of aliphatic hydroxyl groups excluding tert-OH is 2. The highest BCUT2D eigenvalue weighted by Crippen LogP contribution is 2.54. The molecule has 0 aliphatic heterocycles. The summed E-state index contributed by atoms with van der Waals surface area (Å²) in [5.74, 6) is -6.58. The molecule has 6 N–H and O–H groups in total. The molecule has 0 bridgehead atoms. The van der Waals surface area contributed by atoms with Crippen LogP contribution in [0.1, 0.15) is 57.7 Å². The summed E-state index contributed by atoms with van der Waals surface area (Å²) in [5.41, 5.74) is 4.20. The highest BCUT2D eigenvalue weighted by molar-refractivity contribution is 6.24. The minimum atomic E-state index is -2.66. The quantitative estimate of drug-likeness (QED) is 0.294. The van der Waals surface area contributed by atoms with Crippen LogP contribution in [0, 0.1) is 17.3 Å². The van der Waals surface area contributed by atoms with E-state index in [1.54, 1.807) is 20.2 Å². The molecule has 0 aromatic heterocycles. The molecule has 1 saturated carbocycles. The Kier molecular flexibility index (Phi) is 8.27. The molecule has 3 aliphatic rings. The number of carbonyl (C=O) groups is 3. The number of rotatable bonds is 7. The van der Waals surface area contributed by atoms with Crippen LogP contribution < -0.4 is 10.6 Å². The second-order valence-electron chi connectivity index (χ2n) is 13.7. The summed E-state index contributed by atoms with van der Waals surface area (Å²) >= 11 is 0. The molecule has 4 rings (SSSR count). The number of benzene rings is 1. The van der Waals surface area contributed by atoms with Crippen molar-refractivity contribution < 1.29 is 34.8 Å². The largest absolute Gasteiger partial charge is 0.508 e. The van der Waals surface area contributed by atoms with Crippen LogP contribution in [0.3, 0.4) is 0 Å². The molecular formula is C32H46N4O7. The smallest absolute Gasteiger partial charge is 0.255 e. The van der Waals surface area contributed by atoms with Crippen LogP contribution in [0.4, 0.5) is 5.69 Å². The fourth-order valence-corrected chi connectivity index (χ4v) is 7.33. The summed E-state index contributed by atoms with van der Waals surface area (Å²) in [5, 5.41) is 45.8. The number of hydrogen-bond acceptors (Lipinski definition) is 10. The van der Waals surface area contributed by atoms with Gasteiger partial charge in [0, 0.05) is 43.9 Å². The molecule has 1 fully saturated rings. The zero-order chi connectivity index (χ0) is 32.5. The van der Waals surface area contributed by atoms with Gasteiger partial charge in [-0.2, -0.15) is 0 Å². The summed E-state index contributed by atoms with van der Waals surface area (Å²) in [6, 6.07) is 0.706. The summed E-state index contributed by atoms with van der Waals surface area (Å²) in [7, 11) is 6.94. The van der Waals surface area contributed by atoms with E-state index in [4.69, 9.17) is 5.73 Å². The summed E-state index contributed by atoms with van der Waals surface area (Å²) in [6.07, 6.45) is 0.288. The van der Waals surface area contributed by atoms with Crippen molar-refractivity contribution in [2.45, 2.75) is 71.7 Å². The van der Waals surface area contributed by atoms with E-state index in [0.717, 1.165) is 17.8 Å². The zero-order valence-corrected chi connectivity index (χ0v) is 26.6. The Morgan fingerprint density at radius 1 is 1.14 bits per heavy atom. The molecule has 236 valence electrons. The first-order valence-electron chi connectivity index (χ1n) is 14.7. The summed E-state index contributed by atoms with van der Waals surface area (Å²) in [6.45, 7) is 12.1. The number of likely N-dealkylation sites (N-methyl/N-ethyl adjacent to an activating group) is 1. The van der Waals surface area contributed by atoms with E-state index < -0.39 is 58.0 Å². The van der Waals surface area contributed by atoms with E-state index >= 15 is 0 Å². The first-order chi connectivity index (χ1) is 19.8.